The fourth-order valence-electron chi connectivity index (χ4n) is 1.44. The molecule has 1 aliphatic carbocycles. The maximum atomic E-state index is 9.00. The number of aliphatic hydroxyl groups is 1. The third-order valence-electron chi connectivity index (χ3n) is 2.20. The van der Waals surface area contributed by atoms with Gasteiger partial charge in [0.05, 0.1) is 6.10 Å². The number of hydrogen-bond donors (Lipinski definition) is 2. The van der Waals surface area contributed by atoms with Crippen molar-refractivity contribution >= 4 is 0 Å². The zero-order chi connectivity index (χ0) is 8.27. The van der Waals surface area contributed by atoms with Crippen LogP contribution in [0.1, 0.15) is 26.7 Å². The molecule has 0 amide bonds. The summed E-state index contributed by atoms with van der Waals surface area (Å²) in [7, 11) is 0. The van der Waals surface area contributed by atoms with Crippen molar-refractivity contribution in [3.63, 3.8) is 0 Å². The van der Waals surface area contributed by atoms with Gasteiger partial charge in [0, 0.05) is 0 Å². The molecule has 2 nitrogen and oxygen atoms in total. The van der Waals surface area contributed by atoms with Gasteiger partial charge in [-0.25, -0.2) is 0 Å². The highest BCUT2D eigenvalue weighted by molar-refractivity contribution is 4.79. The van der Waals surface area contributed by atoms with E-state index in [2.05, 4.69) is 19.2 Å². The Balaban J connectivity index is 1.89. The Labute approximate surface area is 69.0 Å². The fourth-order valence-corrected chi connectivity index (χ4v) is 1.44. The average Bonchev–Trinajstić information content (AvgIpc) is 1.83. The molecule has 0 radical (unpaired) electrons. The minimum atomic E-state index is 0.000787. The maximum absolute atomic E-state index is 9.00. The van der Waals surface area contributed by atoms with Crippen molar-refractivity contribution in [2.24, 2.45) is 11.8 Å². The highest BCUT2D eigenvalue weighted by Gasteiger charge is 2.26. The van der Waals surface area contributed by atoms with E-state index in [1.165, 1.54) is 0 Å². The van der Waals surface area contributed by atoms with Gasteiger partial charge in [-0.2, -0.15) is 0 Å². The zero-order valence-corrected chi connectivity index (χ0v) is 7.51. The van der Waals surface area contributed by atoms with E-state index in [1.807, 2.05) is 0 Å². The lowest BCUT2D eigenvalue weighted by molar-refractivity contribution is 0.0429. The van der Waals surface area contributed by atoms with Crippen molar-refractivity contribution in [1.82, 2.24) is 5.32 Å². The van der Waals surface area contributed by atoms with E-state index in [0.717, 1.165) is 37.8 Å². The predicted octanol–water partition coefficient (Wildman–Crippen LogP) is 1.00. The van der Waals surface area contributed by atoms with Gasteiger partial charge in [0.1, 0.15) is 0 Å². The molecule has 0 atom stereocenters. The average molecular weight is 157 g/mol. The Bertz CT molecular complexity index is 108. The first-order valence-corrected chi connectivity index (χ1v) is 4.57. The molecule has 2 heteroatoms. The molecule has 0 aromatic rings. The molecular weight excluding hydrogens is 138 g/mol. The highest BCUT2D eigenvalue weighted by Crippen LogP contribution is 2.25. The summed E-state index contributed by atoms with van der Waals surface area (Å²) in [4.78, 5) is 0. The van der Waals surface area contributed by atoms with Gasteiger partial charge in [-0.1, -0.05) is 13.8 Å². The van der Waals surface area contributed by atoms with Crippen LogP contribution in [0.25, 0.3) is 0 Å². The van der Waals surface area contributed by atoms with Gasteiger partial charge in [-0.15, -0.1) is 0 Å². The molecule has 0 bridgehead atoms. The molecule has 0 saturated heterocycles. The van der Waals surface area contributed by atoms with Crippen LogP contribution in [0.15, 0.2) is 0 Å². The Morgan fingerprint density at radius 2 is 2.09 bits per heavy atom. The monoisotopic (exact) mass is 157 g/mol. The Kier molecular flexibility index (Phi) is 3.34. The van der Waals surface area contributed by atoms with Crippen molar-refractivity contribution in [3.05, 3.63) is 0 Å². The number of hydrogen-bond acceptors (Lipinski definition) is 2. The summed E-state index contributed by atoms with van der Waals surface area (Å²) in [5, 5.41) is 12.4. The van der Waals surface area contributed by atoms with E-state index in [9.17, 15) is 0 Å². The molecule has 0 aromatic heterocycles. The molecule has 0 aliphatic heterocycles. The van der Waals surface area contributed by atoms with E-state index in [-0.39, 0.29) is 6.10 Å². The molecular formula is C9H19NO. The molecule has 1 saturated carbocycles. The molecule has 66 valence electrons. The van der Waals surface area contributed by atoms with Crippen LogP contribution in [0.3, 0.4) is 0 Å². The zero-order valence-electron chi connectivity index (χ0n) is 7.51. The molecule has 0 heterocycles. The van der Waals surface area contributed by atoms with Gasteiger partial charge in [0.15, 0.2) is 0 Å². The first-order valence-electron chi connectivity index (χ1n) is 4.57. The SMILES string of the molecule is CC(C)CNC[C@H]1C[C@@H](O)C1. The first kappa shape index (κ1) is 9.01. The lowest BCUT2D eigenvalue weighted by Gasteiger charge is -2.31. The van der Waals surface area contributed by atoms with Gasteiger partial charge in [0.25, 0.3) is 0 Å². The molecule has 1 rings (SSSR count). The van der Waals surface area contributed by atoms with Crippen LogP contribution in [0.5, 0.6) is 0 Å². The minimum Gasteiger partial charge on any atom is -0.393 e. The van der Waals surface area contributed by atoms with Crippen LogP contribution < -0.4 is 5.32 Å². The fraction of sp³-hybridized carbons (Fsp3) is 1.00. The standard InChI is InChI=1S/C9H19NO/c1-7(2)5-10-6-8-3-9(11)4-8/h7-11H,3-6H2,1-2H3/t8-,9+. The van der Waals surface area contributed by atoms with Gasteiger partial charge in [0.2, 0.25) is 0 Å². The van der Waals surface area contributed by atoms with Crippen LogP contribution >= 0.6 is 0 Å². The molecule has 0 aromatic carbocycles. The number of nitrogens with one attached hydrogen (secondary N) is 1. The summed E-state index contributed by atoms with van der Waals surface area (Å²) in [6.07, 6.45) is 2.01. The Hall–Kier alpha value is -0.0800. The molecule has 0 spiro atoms. The lowest BCUT2D eigenvalue weighted by Crippen LogP contribution is -2.37. The summed E-state index contributed by atoms with van der Waals surface area (Å²) in [5.74, 6) is 1.48. The molecule has 1 fully saturated rings. The lowest BCUT2D eigenvalue weighted by atomic mass is 9.82. The summed E-state index contributed by atoms with van der Waals surface area (Å²) in [6, 6.07) is 0. The highest BCUT2D eigenvalue weighted by atomic mass is 16.3. The molecule has 0 unspecified atom stereocenters. The Morgan fingerprint density at radius 3 is 2.55 bits per heavy atom. The van der Waals surface area contributed by atoms with Crippen molar-refractivity contribution in [1.29, 1.82) is 0 Å². The number of aliphatic hydroxyl groups excluding tert-OH is 1. The minimum absolute atomic E-state index is 0.000787. The summed E-state index contributed by atoms with van der Waals surface area (Å²) in [5.41, 5.74) is 0. The third-order valence-corrected chi connectivity index (χ3v) is 2.20. The van der Waals surface area contributed by atoms with Gasteiger partial charge in [-0.05, 0) is 37.8 Å². The summed E-state index contributed by atoms with van der Waals surface area (Å²) >= 11 is 0. The van der Waals surface area contributed by atoms with Crippen LogP contribution in [0, 0.1) is 11.8 Å². The quantitative estimate of drug-likeness (QED) is 0.638. The maximum Gasteiger partial charge on any atom is 0.0546 e. The van der Waals surface area contributed by atoms with Crippen LogP contribution in [-0.4, -0.2) is 24.3 Å². The van der Waals surface area contributed by atoms with E-state index in [0.29, 0.717) is 0 Å². The van der Waals surface area contributed by atoms with Crippen molar-refractivity contribution in [2.75, 3.05) is 13.1 Å². The molecule has 11 heavy (non-hydrogen) atoms. The summed E-state index contributed by atoms with van der Waals surface area (Å²) < 4.78 is 0. The largest absolute Gasteiger partial charge is 0.393 e. The van der Waals surface area contributed by atoms with E-state index >= 15 is 0 Å². The van der Waals surface area contributed by atoms with E-state index in [4.69, 9.17) is 5.11 Å². The van der Waals surface area contributed by atoms with Gasteiger partial charge >= 0.3 is 0 Å². The second-order valence-corrected chi connectivity index (χ2v) is 4.04. The smallest absolute Gasteiger partial charge is 0.0546 e. The second-order valence-electron chi connectivity index (χ2n) is 4.04. The van der Waals surface area contributed by atoms with Crippen LogP contribution in [-0.2, 0) is 0 Å². The summed E-state index contributed by atoms with van der Waals surface area (Å²) in [6.45, 7) is 6.62. The number of rotatable bonds is 4. The van der Waals surface area contributed by atoms with Crippen molar-refractivity contribution in [2.45, 2.75) is 32.8 Å². The molecule has 2 N–H and O–H groups in total. The normalized spacial score (nSPS) is 30.5. The molecule has 1 aliphatic rings. The second kappa shape index (κ2) is 4.07. The van der Waals surface area contributed by atoms with E-state index < -0.39 is 0 Å². The van der Waals surface area contributed by atoms with Crippen LogP contribution in [0.2, 0.25) is 0 Å². The van der Waals surface area contributed by atoms with Gasteiger partial charge < -0.3 is 10.4 Å². The first-order chi connectivity index (χ1) is 5.18. The predicted molar refractivity (Wildman–Crippen MR) is 46.4 cm³/mol. The Morgan fingerprint density at radius 1 is 1.45 bits per heavy atom. The van der Waals surface area contributed by atoms with E-state index in [1.54, 1.807) is 0 Å². The van der Waals surface area contributed by atoms with Crippen LogP contribution in [0.4, 0.5) is 0 Å². The van der Waals surface area contributed by atoms with Gasteiger partial charge in [-0.3, -0.25) is 0 Å². The third kappa shape index (κ3) is 3.21. The van der Waals surface area contributed by atoms with Crippen molar-refractivity contribution in [3.8, 4) is 0 Å². The van der Waals surface area contributed by atoms with Crippen molar-refractivity contribution < 1.29 is 5.11 Å². The topological polar surface area (TPSA) is 32.3 Å².